The van der Waals surface area contributed by atoms with Crippen molar-refractivity contribution in [2.45, 2.75) is 0 Å². The quantitative estimate of drug-likeness (QED) is 0.460. The molecule has 0 aliphatic rings. The Labute approximate surface area is 142 Å². The van der Waals surface area contributed by atoms with Crippen LogP contribution in [-0.2, 0) is 0 Å². The summed E-state index contributed by atoms with van der Waals surface area (Å²) in [5, 5.41) is 9.69. The molecule has 25 heavy (non-hydrogen) atoms. The van der Waals surface area contributed by atoms with E-state index in [9.17, 15) is 0 Å². The molecule has 0 bridgehead atoms. The highest BCUT2D eigenvalue weighted by molar-refractivity contribution is 5.97. The summed E-state index contributed by atoms with van der Waals surface area (Å²) in [6.45, 7) is 0. The molecule has 1 aromatic carbocycles. The van der Waals surface area contributed by atoms with Crippen molar-refractivity contribution in [2.75, 3.05) is 5.73 Å². The van der Waals surface area contributed by atoms with Crippen LogP contribution < -0.4 is 5.73 Å². The molecular weight excluding hydrogens is 312 g/mol. The Bertz CT molecular complexity index is 1180. The molecule has 0 saturated carbocycles. The lowest BCUT2D eigenvalue weighted by Crippen LogP contribution is -1.87. The first-order valence-electron chi connectivity index (χ1n) is 7.90. The van der Waals surface area contributed by atoms with E-state index >= 15 is 0 Å². The van der Waals surface area contributed by atoms with Gasteiger partial charge in [0.2, 0.25) is 0 Å². The second-order valence-corrected chi connectivity index (χ2v) is 5.99. The van der Waals surface area contributed by atoms with Crippen molar-refractivity contribution >= 4 is 27.5 Å². The summed E-state index contributed by atoms with van der Waals surface area (Å²) in [5.74, 6) is 0. The molecule has 120 valence electrons. The van der Waals surface area contributed by atoms with E-state index in [4.69, 9.17) is 5.73 Å². The standard InChI is InChI=1S/C19H14N6/c20-14-5-12(8-22-10-14)11-1-2-17-15(6-11)19(25-24-17)18-7-13-9-21-4-3-16(13)23-18/h1-10,23H,20H2,(H,24,25). The molecule has 0 aliphatic carbocycles. The molecule has 0 fully saturated rings. The first kappa shape index (κ1) is 13.7. The Morgan fingerprint density at radius 2 is 1.80 bits per heavy atom. The monoisotopic (exact) mass is 326 g/mol. The number of nitrogens with one attached hydrogen (secondary N) is 2. The first-order chi connectivity index (χ1) is 12.3. The zero-order chi connectivity index (χ0) is 16.8. The lowest BCUT2D eigenvalue weighted by atomic mass is 10.0. The average Bonchev–Trinajstić information content (AvgIpc) is 3.24. The van der Waals surface area contributed by atoms with E-state index in [2.05, 4.69) is 37.3 Å². The Balaban J connectivity index is 1.70. The Morgan fingerprint density at radius 3 is 2.68 bits per heavy atom. The van der Waals surface area contributed by atoms with Crippen LogP contribution in [0.25, 0.3) is 44.3 Å². The SMILES string of the molecule is Nc1cncc(-c2ccc3[nH]nc(-c4cc5cnccc5[nH]4)c3c2)c1. The van der Waals surface area contributed by atoms with E-state index in [1.54, 1.807) is 12.4 Å². The van der Waals surface area contributed by atoms with Crippen LogP contribution >= 0.6 is 0 Å². The highest BCUT2D eigenvalue weighted by Crippen LogP contribution is 2.31. The van der Waals surface area contributed by atoms with Gasteiger partial charge < -0.3 is 10.7 Å². The molecule has 0 unspecified atom stereocenters. The predicted molar refractivity (Wildman–Crippen MR) is 98.8 cm³/mol. The Kier molecular flexibility index (Phi) is 2.84. The number of hydrogen-bond donors (Lipinski definition) is 3. The highest BCUT2D eigenvalue weighted by Gasteiger charge is 2.12. The van der Waals surface area contributed by atoms with Gasteiger partial charge in [-0.2, -0.15) is 5.10 Å². The lowest BCUT2D eigenvalue weighted by molar-refractivity contribution is 1.12. The van der Waals surface area contributed by atoms with Crippen LogP contribution in [0.5, 0.6) is 0 Å². The molecule has 6 nitrogen and oxygen atoms in total. The van der Waals surface area contributed by atoms with Crippen LogP contribution in [0.15, 0.2) is 61.2 Å². The number of H-pyrrole nitrogens is 2. The third-order valence-corrected chi connectivity index (χ3v) is 4.33. The molecule has 0 spiro atoms. The Hall–Kier alpha value is -3.67. The summed E-state index contributed by atoms with van der Waals surface area (Å²) in [6.07, 6.45) is 7.07. The van der Waals surface area contributed by atoms with Crippen LogP contribution in [0.3, 0.4) is 0 Å². The molecule has 6 heteroatoms. The van der Waals surface area contributed by atoms with Gasteiger partial charge >= 0.3 is 0 Å². The number of nitrogens with two attached hydrogens (primary N) is 1. The van der Waals surface area contributed by atoms with Crippen LogP contribution in [0, 0.1) is 0 Å². The summed E-state index contributed by atoms with van der Waals surface area (Å²) in [5.41, 5.74) is 12.4. The fraction of sp³-hybridized carbons (Fsp3) is 0. The van der Waals surface area contributed by atoms with Crippen molar-refractivity contribution in [1.82, 2.24) is 25.1 Å². The summed E-state index contributed by atoms with van der Waals surface area (Å²) in [6, 6.07) is 12.1. The molecule has 5 rings (SSSR count). The molecule has 4 N–H and O–H groups in total. The first-order valence-corrected chi connectivity index (χ1v) is 7.90. The van der Waals surface area contributed by atoms with Gasteiger partial charge in [-0.15, -0.1) is 0 Å². The van der Waals surface area contributed by atoms with Crippen LogP contribution in [0.4, 0.5) is 5.69 Å². The molecule has 0 atom stereocenters. The number of aromatic amines is 2. The molecule has 4 aromatic heterocycles. The highest BCUT2D eigenvalue weighted by atomic mass is 15.1. The van der Waals surface area contributed by atoms with Gasteiger partial charge in [-0.05, 0) is 35.9 Å². The molecule has 5 aromatic rings. The summed E-state index contributed by atoms with van der Waals surface area (Å²) < 4.78 is 0. The largest absolute Gasteiger partial charge is 0.397 e. The van der Waals surface area contributed by atoms with Gasteiger partial charge in [0.25, 0.3) is 0 Å². The van der Waals surface area contributed by atoms with Crippen molar-refractivity contribution in [2.24, 2.45) is 0 Å². The number of nitrogens with zero attached hydrogens (tertiary/aromatic N) is 3. The number of aromatic nitrogens is 5. The minimum absolute atomic E-state index is 0.646. The zero-order valence-electron chi connectivity index (χ0n) is 13.2. The maximum absolute atomic E-state index is 5.86. The van der Waals surface area contributed by atoms with Crippen molar-refractivity contribution in [1.29, 1.82) is 0 Å². The third kappa shape index (κ3) is 2.23. The minimum Gasteiger partial charge on any atom is -0.397 e. The van der Waals surface area contributed by atoms with Gasteiger partial charge in [-0.3, -0.25) is 15.1 Å². The van der Waals surface area contributed by atoms with Gasteiger partial charge in [0.05, 0.1) is 16.9 Å². The molecule has 0 radical (unpaired) electrons. The number of nitrogen functional groups attached to an aromatic ring is 1. The van der Waals surface area contributed by atoms with Gasteiger partial charge in [0.15, 0.2) is 0 Å². The minimum atomic E-state index is 0.646. The van der Waals surface area contributed by atoms with Crippen molar-refractivity contribution in [3.05, 3.63) is 61.2 Å². The molecule has 4 heterocycles. The van der Waals surface area contributed by atoms with Crippen LogP contribution in [0.1, 0.15) is 0 Å². The number of fused-ring (bicyclic) bond motifs is 2. The number of anilines is 1. The van der Waals surface area contributed by atoms with Gasteiger partial charge in [0.1, 0.15) is 5.69 Å². The van der Waals surface area contributed by atoms with Gasteiger partial charge in [-0.25, -0.2) is 0 Å². The number of rotatable bonds is 2. The molecular formula is C19H14N6. The van der Waals surface area contributed by atoms with Crippen molar-refractivity contribution in [3.63, 3.8) is 0 Å². The van der Waals surface area contributed by atoms with E-state index in [0.29, 0.717) is 5.69 Å². The maximum Gasteiger partial charge on any atom is 0.116 e. The Morgan fingerprint density at radius 1 is 0.840 bits per heavy atom. The lowest BCUT2D eigenvalue weighted by Gasteiger charge is -2.03. The summed E-state index contributed by atoms with van der Waals surface area (Å²) >= 11 is 0. The zero-order valence-corrected chi connectivity index (χ0v) is 13.2. The second-order valence-electron chi connectivity index (χ2n) is 5.99. The summed E-state index contributed by atoms with van der Waals surface area (Å²) in [7, 11) is 0. The second kappa shape index (κ2) is 5.17. The smallest absolute Gasteiger partial charge is 0.116 e. The third-order valence-electron chi connectivity index (χ3n) is 4.33. The fourth-order valence-electron chi connectivity index (χ4n) is 3.11. The number of benzene rings is 1. The van der Waals surface area contributed by atoms with E-state index in [1.807, 2.05) is 36.7 Å². The van der Waals surface area contributed by atoms with Gasteiger partial charge in [-0.1, -0.05) is 6.07 Å². The van der Waals surface area contributed by atoms with E-state index in [1.165, 1.54) is 0 Å². The maximum atomic E-state index is 5.86. The molecule has 0 amide bonds. The number of pyridine rings is 2. The van der Waals surface area contributed by atoms with E-state index in [-0.39, 0.29) is 0 Å². The van der Waals surface area contributed by atoms with E-state index in [0.717, 1.165) is 44.3 Å². The van der Waals surface area contributed by atoms with Gasteiger partial charge in [0, 0.05) is 46.6 Å². The van der Waals surface area contributed by atoms with Crippen LogP contribution in [-0.4, -0.2) is 25.1 Å². The molecule has 0 aliphatic heterocycles. The average molecular weight is 326 g/mol. The predicted octanol–water partition coefficient (Wildman–Crippen LogP) is 3.75. The number of hydrogen-bond acceptors (Lipinski definition) is 4. The fourth-order valence-corrected chi connectivity index (χ4v) is 3.11. The topological polar surface area (TPSA) is 96.3 Å². The van der Waals surface area contributed by atoms with Crippen molar-refractivity contribution in [3.8, 4) is 22.5 Å². The normalized spacial score (nSPS) is 11.4. The van der Waals surface area contributed by atoms with Crippen molar-refractivity contribution < 1.29 is 0 Å². The summed E-state index contributed by atoms with van der Waals surface area (Å²) in [4.78, 5) is 11.7. The van der Waals surface area contributed by atoms with E-state index < -0.39 is 0 Å². The molecule has 0 saturated heterocycles. The van der Waals surface area contributed by atoms with Crippen LogP contribution in [0.2, 0.25) is 0 Å².